The number of aromatic nitrogens is 2. The smallest absolute Gasteiger partial charge is 0.263 e. The Hall–Kier alpha value is -2.02. The zero-order chi connectivity index (χ0) is 15.1. The van der Waals surface area contributed by atoms with E-state index in [1.54, 1.807) is 13.1 Å². The van der Waals surface area contributed by atoms with E-state index in [2.05, 4.69) is 17.2 Å². The van der Waals surface area contributed by atoms with Crippen LogP contribution in [0.25, 0.3) is 0 Å². The van der Waals surface area contributed by atoms with Crippen molar-refractivity contribution >= 4 is 22.4 Å². The molecule has 0 radical (unpaired) electrons. The van der Waals surface area contributed by atoms with Gasteiger partial charge in [-0.1, -0.05) is 18.3 Å². The molecule has 7 heteroatoms. The Morgan fingerprint density at radius 3 is 3.00 bits per heavy atom. The van der Waals surface area contributed by atoms with Crippen molar-refractivity contribution in [2.24, 2.45) is 7.05 Å². The number of rotatable bonds is 2. The molecule has 0 bridgehead atoms. The first-order valence-corrected chi connectivity index (χ1v) is 7.44. The molecule has 0 saturated carbocycles. The summed E-state index contributed by atoms with van der Waals surface area (Å²) in [5.74, 6) is -0.220. The van der Waals surface area contributed by atoms with Gasteiger partial charge in [0.05, 0.1) is 6.20 Å². The molecule has 1 atom stereocenters. The third-order valence-electron chi connectivity index (χ3n) is 3.86. The number of nitrogens with one attached hydrogen (secondary N) is 1. The van der Waals surface area contributed by atoms with Gasteiger partial charge in [-0.2, -0.15) is 4.39 Å². The highest BCUT2D eigenvalue weighted by molar-refractivity contribution is 7.14. The third kappa shape index (κ3) is 2.37. The van der Waals surface area contributed by atoms with Crippen molar-refractivity contribution in [3.63, 3.8) is 0 Å². The standard InChI is InChI=1S/C14H14FN3O2S/c1-7-3-4-10-8(7)5-9(13(20)18(10)2)12(19)17-14-16-6-11(15)21-14/h5-7H,3-4H2,1-2H3,(H,16,17,19)/t7-/m1/s1. The second kappa shape index (κ2) is 5.07. The van der Waals surface area contributed by atoms with E-state index in [-0.39, 0.29) is 16.3 Å². The van der Waals surface area contributed by atoms with E-state index < -0.39 is 11.0 Å². The Balaban J connectivity index is 1.99. The fraction of sp³-hybridized carbons (Fsp3) is 0.357. The van der Waals surface area contributed by atoms with Gasteiger partial charge in [-0.15, -0.1) is 0 Å². The van der Waals surface area contributed by atoms with Crippen molar-refractivity contribution in [3.05, 3.63) is 44.6 Å². The Morgan fingerprint density at radius 2 is 2.33 bits per heavy atom. The van der Waals surface area contributed by atoms with Crippen LogP contribution in [0.15, 0.2) is 17.1 Å². The highest BCUT2D eigenvalue weighted by Gasteiger charge is 2.25. The minimum atomic E-state index is -0.549. The summed E-state index contributed by atoms with van der Waals surface area (Å²) < 4.78 is 14.4. The van der Waals surface area contributed by atoms with Gasteiger partial charge in [-0.3, -0.25) is 14.9 Å². The van der Waals surface area contributed by atoms with E-state index in [9.17, 15) is 14.0 Å². The lowest BCUT2D eigenvalue weighted by atomic mass is 10.0. The second-order valence-corrected chi connectivity index (χ2v) is 6.17. The minimum absolute atomic E-state index is 0.0700. The van der Waals surface area contributed by atoms with Gasteiger partial charge >= 0.3 is 0 Å². The van der Waals surface area contributed by atoms with Gasteiger partial charge in [0, 0.05) is 12.7 Å². The number of hydrogen-bond acceptors (Lipinski definition) is 4. The maximum absolute atomic E-state index is 12.9. The molecule has 3 rings (SSSR count). The minimum Gasteiger partial charge on any atom is -0.315 e. The summed E-state index contributed by atoms with van der Waals surface area (Å²) in [6.07, 6.45) is 2.86. The SMILES string of the molecule is C[C@@H]1CCc2c1cc(C(=O)Nc1ncc(F)s1)c(=O)n2C. The van der Waals surface area contributed by atoms with Crippen molar-refractivity contribution in [2.45, 2.75) is 25.7 Å². The molecule has 0 aliphatic heterocycles. The zero-order valence-electron chi connectivity index (χ0n) is 11.6. The predicted molar refractivity (Wildman–Crippen MR) is 78.4 cm³/mol. The number of carbonyl (C=O) groups is 1. The quantitative estimate of drug-likeness (QED) is 0.926. The number of nitrogens with zero attached hydrogens (tertiary/aromatic N) is 2. The van der Waals surface area contributed by atoms with Crippen LogP contribution in [0.5, 0.6) is 0 Å². The molecule has 1 aliphatic rings. The highest BCUT2D eigenvalue weighted by atomic mass is 32.1. The van der Waals surface area contributed by atoms with Crippen LogP contribution >= 0.6 is 11.3 Å². The molecule has 0 saturated heterocycles. The average molecular weight is 307 g/mol. The highest BCUT2D eigenvalue weighted by Crippen LogP contribution is 2.31. The molecule has 0 spiro atoms. The fourth-order valence-corrected chi connectivity index (χ4v) is 3.22. The molecule has 0 fully saturated rings. The fourth-order valence-electron chi connectivity index (χ4n) is 2.68. The van der Waals surface area contributed by atoms with E-state index in [0.717, 1.165) is 41.6 Å². The Morgan fingerprint density at radius 1 is 1.57 bits per heavy atom. The van der Waals surface area contributed by atoms with Crippen LogP contribution in [0.1, 0.15) is 40.9 Å². The molecule has 0 unspecified atom stereocenters. The number of hydrogen-bond donors (Lipinski definition) is 1. The summed E-state index contributed by atoms with van der Waals surface area (Å²) in [5.41, 5.74) is 1.76. The van der Waals surface area contributed by atoms with Crippen LogP contribution in [0.3, 0.4) is 0 Å². The van der Waals surface area contributed by atoms with Gasteiger partial charge in [0.1, 0.15) is 5.56 Å². The van der Waals surface area contributed by atoms with E-state index in [0.29, 0.717) is 5.92 Å². The van der Waals surface area contributed by atoms with Crippen molar-refractivity contribution in [2.75, 3.05) is 5.32 Å². The summed E-state index contributed by atoms with van der Waals surface area (Å²) in [4.78, 5) is 28.2. The molecular weight excluding hydrogens is 293 g/mol. The first kappa shape index (κ1) is 13.9. The summed E-state index contributed by atoms with van der Waals surface area (Å²) in [5, 5.41) is 2.13. The Labute approximate surface area is 124 Å². The van der Waals surface area contributed by atoms with Gasteiger partial charge in [-0.25, -0.2) is 4.98 Å². The molecular formula is C14H14FN3O2S. The first-order valence-electron chi connectivity index (χ1n) is 6.63. The van der Waals surface area contributed by atoms with E-state index in [4.69, 9.17) is 0 Å². The van der Waals surface area contributed by atoms with E-state index in [1.807, 2.05) is 0 Å². The number of amides is 1. The average Bonchev–Trinajstić information content (AvgIpc) is 3.00. The van der Waals surface area contributed by atoms with Crippen LogP contribution in [-0.4, -0.2) is 15.5 Å². The topological polar surface area (TPSA) is 64.0 Å². The predicted octanol–water partition coefficient (Wildman–Crippen LogP) is 2.28. The van der Waals surface area contributed by atoms with E-state index in [1.165, 1.54) is 4.57 Å². The van der Waals surface area contributed by atoms with Gasteiger partial charge in [-0.05, 0) is 30.4 Å². The molecule has 0 aromatic carbocycles. The Bertz CT molecular complexity index is 781. The number of anilines is 1. The number of pyridine rings is 1. The first-order chi connectivity index (χ1) is 9.97. The molecule has 2 aromatic heterocycles. The van der Waals surface area contributed by atoms with Crippen LogP contribution in [0.2, 0.25) is 0 Å². The number of halogens is 1. The zero-order valence-corrected chi connectivity index (χ0v) is 12.5. The van der Waals surface area contributed by atoms with Gasteiger partial charge in [0.25, 0.3) is 11.5 Å². The maximum atomic E-state index is 12.9. The molecule has 21 heavy (non-hydrogen) atoms. The van der Waals surface area contributed by atoms with Crippen molar-refractivity contribution in [3.8, 4) is 0 Å². The lowest BCUT2D eigenvalue weighted by Gasteiger charge is -2.11. The summed E-state index contributed by atoms with van der Waals surface area (Å²) in [6, 6.07) is 1.66. The maximum Gasteiger partial charge on any atom is 0.263 e. The van der Waals surface area contributed by atoms with Crippen LogP contribution < -0.4 is 10.9 Å². The molecule has 1 aliphatic carbocycles. The molecule has 1 amide bonds. The van der Waals surface area contributed by atoms with Crippen LogP contribution in [0.4, 0.5) is 9.52 Å². The van der Waals surface area contributed by atoms with Crippen molar-refractivity contribution in [1.82, 2.24) is 9.55 Å². The molecule has 5 nitrogen and oxygen atoms in total. The summed E-state index contributed by atoms with van der Waals surface area (Å²) >= 11 is 0.728. The number of carbonyl (C=O) groups excluding carboxylic acids is 1. The van der Waals surface area contributed by atoms with Gasteiger partial charge in [0.15, 0.2) is 10.3 Å². The van der Waals surface area contributed by atoms with Gasteiger partial charge in [0.2, 0.25) is 0 Å². The van der Waals surface area contributed by atoms with Crippen molar-refractivity contribution < 1.29 is 9.18 Å². The van der Waals surface area contributed by atoms with Crippen LogP contribution in [-0.2, 0) is 13.5 Å². The molecule has 2 heterocycles. The third-order valence-corrected chi connectivity index (χ3v) is 4.56. The monoisotopic (exact) mass is 307 g/mol. The van der Waals surface area contributed by atoms with Crippen LogP contribution in [0, 0.1) is 5.13 Å². The summed E-state index contributed by atoms with van der Waals surface area (Å²) in [6.45, 7) is 2.08. The molecule has 110 valence electrons. The largest absolute Gasteiger partial charge is 0.315 e. The lowest BCUT2D eigenvalue weighted by Crippen LogP contribution is -2.29. The normalized spacial score (nSPS) is 16.8. The van der Waals surface area contributed by atoms with E-state index >= 15 is 0 Å². The summed E-state index contributed by atoms with van der Waals surface area (Å²) in [7, 11) is 1.68. The van der Waals surface area contributed by atoms with Crippen molar-refractivity contribution in [1.29, 1.82) is 0 Å². The van der Waals surface area contributed by atoms with Gasteiger partial charge < -0.3 is 4.57 Å². The second-order valence-electron chi connectivity index (χ2n) is 5.19. The molecule has 2 aromatic rings. The lowest BCUT2D eigenvalue weighted by molar-refractivity contribution is 0.102. The number of fused-ring (bicyclic) bond motifs is 1. The Kier molecular flexibility index (Phi) is 3.36. The molecule has 1 N–H and O–H groups in total. The number of thiazole rings is 1.